The second-order valence-corrected chi connectivity index (χ2v) is 7.88. The Morgan fingerprint density at radius 2 is 2.20 bits per heavy atom. The summed E-state index contributed by atoms with van der Waals surface area (Å²) in [7, 11) is 1.66. The molecule has 0 fully saturated rings. The number of aromatic nitrogens is 3. The van der Waals surface area contributed by atoms with Crippen LogP contribution in [0.2, 0.25) is 10.0 Å². The van der Waals surface area contributed by atoms with Crippen molar-refractivity contribution in [2.75, 3.05) is 20.2 Å². The zero-order valence-corrected chi connectivity index (χ0v) is 21.2. The van der Waals surface area contributed by atoms with E-state index in [0.29, 0.717) is 23.2 Å². The Bertz CT molecular complexity index is 845. The summed E-state index contributed by atoms with van der Waals surface area (Å²) in [5.74, 6) is 2.60. The van der Waals surface area contributed by atoms with Crippen LogP contribution in [0.3, 0.4) is 0 Å². The number of hydrogen-bond donors (Lipinski definition) is 2. The van der Waals surface area contributed by atoms with E-state index < -0.39 is 0 Å². The topological polar surface area (TPSA) is 76.4 Å². The van der Waals surface area contributed by atoms with Crippen molar-refractivity contribution in [3.8, 4) is 0 Å². The second kappa shape index (κ2) is 12.7. The van der Waals surface area contributed by atoms with Gasteiger partial charge in [0.15, 0.2) is 11.8 Å². The summed E-state index contributed by atoms with van der Waals surface area (Å²) >= 11 is 12.2. The van der Waals surface area contributed by atoms with Gasteiger partial charge < -0.3 is 15.4 Å². The molecule has 0 saturated heterocycles. The molecule has 30 heavy (non-hydrogen) atoms. The number of benzene rings is 1. The molecule has 2 N–H and O–H groups in total. The lowest BCUT2D eigenvalue weighted by molar-refractivity contribution is 0.177. The number of hydrogen-bond acceptors (Lipinski definition) is 4. The molecule has 0 bridgehead atoms. The van der Waals surface area contributed by atoms with Gasteiger partial charge >= 0.3 is 0 Å². The Hall–Kier alpha value is -1.10. The molecule has 2 aromatic rings. The van der Waals surface area contributed by atoms with E-state index in [1.807, 2.05) is 16.8 Å². The highest BCUT2D eigenvalue weighted by atomic mass is 127. The molecule has 0 spiro atoms. The van der Waals surface area contributed by atoms with E-state index in [1.165, 1.54) is 0 Å². The monoisotopic (exact) mass is 566 g/mol. The van der Waals surface area contributed by atoms with Crippen molar-refractivity contribution in [1.82, 2.24) is 25.4 Å². The normalized spacial score (nSPS) is 16.0. The lowest BCUT2D eigenvalue weighted by Crippen LogP contribution is -2.47. The van der Waals surface area contributed by atoms with Crippen LogP contribution in [-0.4, -0.2) is 47.0 Å². The van der Waals surface area contributed by atoms with E-state index in [-0.39, 0.29) is 30.0 Å². The lowest BCUT2D eigenvalue weighted by atomic mass is 10.1. The molecule has 0 amide bonds. The molecule has 1 aliphatic rings. The van der Waals surface area contributed by atoms with Crippen molar-refractivity contribution in [3.05, 3.63) is 45.5 Å². The van der Waals surface area contributed by atoms with Gasteiger partial charge in [0.05, 0.1) is 6.54 Å². The third-order valence-electron chi connectivity index (χ3n) is 4.75. The first-order valence-electron chi connectivity index (χ1n) is 9.99. The second-order valence-electron chi connectivity index (χ2n) is 7.04. The number of nitrogens with one attached hydrogen (secondary N) is 2. The number of methoxy groups -OCH3 is 1. The molecule has 1 atom stereocenters. The van der Waals surface area contributed by atoms with Crippen molar-refractivity contribution in [1.29, 1.82) is 0 Å². The predicted octanol–water partition coefficient (Wildman–Crippen LogP) is 3.85. The number of ether oxygens (including phenoxy) is 1. The van der Waals surface area contributed by atoms with E-state index in [0.717, 1.165) is 61.9 Å². The van der Waals surface area contributed by atoms with E-state index in [2.05, 4.69) is 27.6 Å². The third kappa shape index (κ3) is 7.25. The molecule has 1 unspecified atom stereocenters. The molecule has 2 heterocycles. The largest absolute Gasteiger partial charge is 0.377 e. The molecule has 1 aromatic heterocycles. The van der Waals surface area contributed by atoms with Crippen molar-refractivity contribution in [3.63, 3.8) is 0 Å². The standard InChI is InChI=1S/C20H28Cl2N6O.HI/c1-3-23-20(24-10-4-5-14-6-7-15(21)11-17(14)22)25-16-8-9-19-26-18(13-29-2)27-28(19)12-16;/h6-7,11,16H,3-5,8-10,12-13H2,1-2H3,(H2,23,24,25);1H. The molecular formula is C20H29Cl2IN6O. The number of aliphatic imine (C=N–C) groups is 1. The molecule has 0 saturated carbocycles. The van der Waals surface area contributed by atoms with Gasteiger partial charge in [-0.15, -0.1) is 24.0 Å². The predicted molar refractivity (Wildman–Crippen MR) is 132 cm³/mol. The van der Waals surface area contributed by atoms with Crippen LogP contribution in [0.15, 0.2) is 23.2 Å². The number of aryl methyl sites for hydroxylation is 2. The van der Waals surface area contributed by atoms with Gasteiger partial charge in [0.1, 0.15) is 12.4 Å². The maximum atomic E-state index is 6.25. The average molecular weight is 567 g/mol. The van der Waals surface area contributed by atoms with Gasteiger partial charge in [-0.3, -0.25) is 4.99 Å². The molecular weight excluding hydrogens is 538 g/mol. The highest BCUT2D eigenvalue weighted by Crippen LogP contribution is 2.22. The van der Waals surface area contributed by atoms with Crippen LogP contribution in [0.4, 0.5) is 0 Å². The van der Waals surface area contributed by atoms with Crippen LogP contribution >= 0.6 is 47.2 Å². The molecule has 1 aliphatic heterocycles. The minimum atomic E-state index is 0. The Kier molecular flexibility index (Phi) is 10.6. The van der Waals surface area contributed by atoms with Crippen LogP contribution in [0.1, 0.15) is 37.0 Å². The van der Waals surface area contributed by atoms with Crippen LogP contribution in [0.25, 0.3) is 0 Å². The average Bonchev–Trinajstić information content (AvgIpc) is 3.08. The summed E-state index contributed by atoms with van der Waals surface area (Å²) < 4.78 is 7.10. The van der Waals surface area contributed by atoms with Crippen LogP contribution in [0, 0.1) is 0 Å². The fraction of sp³-hybridized carbons (Fsp3) is 0.550. The van der Waals surface area contributed by atoms with E-state index in [4.69, 9.17) is 32.9 Å². The summed E-state index contributed by atoms with van der Waals surface area (Å²) in [5, 5.41) is 12.8. The van der Waals surface area contributed by atoms with E-state index in [1.54, 1.807) is 13.2 Å². The first-order chi connectivity index (χ1) is 14.1. The number of rotatable bonds is 8. The number of fused-ring (bicyclic) bond motifs is 1. The molecule has 10 heteroatoms. The first kappa shape index (κ1) is 25.2. The Morgan fingerprint density at radius 1 is 1.37 bits per heavy atom. The molecule has 166 valence electrons. The van der Waals surface area contributed by atoms with Crippen molar-refractivity contribution in [2.24, 2.45) is 4.99 Å². The highest BCUT2D eigenvalue weighted by Gasteiger charge is 2.22. The molecule has 3 rings (SSSR count). The minimum absolute atomic E-state index is 0. The molecule has 0 radical (unpaired) electrons. The van der Waals surface area contributed by atoms with Gasteiger partial charge in [-0.05, 0) is 43.9 Å². The van der Waals surface area contributed by atoms with Crippen molar-refractivity contribution < 1.29 is 4.74 Å². The quantitative estimate of drug-likeness (QED) is 0.220. The SMILES string of the molecule is CCNC(=NCCCc1ccc(Cl)cc1Cl)NC1CCc2nc(COC)nn2C1.I. The maximum Gasteiger partial charge on any atom is 0.191 e. The van der Waals surface area contributed by atoms with Crippen molar-refractivity contribution in [2.45, 2.75) is 51.8 Å². The fourth-order valence-corrected chi connectivity index (χ4v) is 3.87. The smallest absolute Gasteiger partial charge is 0.191 e. The number of halogens is 3. The number of nitrogens with zero attached hydrogens (tertiary/aromatic N) is 4. The molecule has 0 aliphatic carbocycles. The van der Waals surface area contributed by atoms with Crippen LogP contribution < -0.4 is 10.6 Å². The summed E-state index contributed by atoms with van der Waals surface area (Å²) in [6.07, 6.45) is 3.67. The maximum absolute atomic E-state index is 6.25. The molecule has 7 nitrogen and oxygen atoms in total. The van der Waals surface area contributed by atoms with Gasteiger partial charge in [0, 0.05) is 42.7 Å². The minimum Gasteiger partial charge on any atom is -0.377 e. The Morgan fingerprint density at radius 3 is 2.93 bits per heavy atom. The zero-order valence-electron chi connectivity index (χ0n) is 17.3. The third-order valence-corrected chi connectivity index (χ3v) is 5.34. The van der Waals surface area contributed by atoms with Gasteiger partial charge in [-0.1, -0.05) is 29.3 Å². The van der Waals surface area contributed by atoms with Gasteiger partial charge in [0.2, 0.25) is 0 Å². The van der Waals surface area contributed by atoms with Crippen LogP contribution in [-0.2, 0) is 30.7 Å². The van der Waals surface area contributed by atoms with E-state index in [9.17, 15) is 0 Å². The van der Waals surface area contributed by atoms with Gasteiger partial charge in [-0.25, -0.2) is 9.67 Å². The fourth-order valence-electron chi connectivity index (χ4n) is 3.37. The summed E-state index contributed by atoms with van der Waals surface area (Å²) in [5.41, 5.74) is 1.10. The molecule has 1 aromatic carbocycles. The van der Waals surface area contributed by atoms with Crippen molar-refractivity contribution >= 4 is 53.1 Å². The zero-order chi connectivity index (χ0) is 20.6. The summed E-state index contributed by atoms with van der Waals surface area (Å²) in [6.45, 7) is 4.82. The lowest BCUT2D eigenvalue weighted by Gasteiger charge is -2.25. The number of guanidine groups is 1. The Balaban J connectivity index is 0.00000320. The summed E-state index contributed by atoms with van der Waals surface area (Å²) in [6, 6.07) is 5.90. The first-order valence-corrected chi connectivity index (χ1v) is 10.7. The van der Waals surface area contributed by atoms with Gasteiger partial charge in [0.25, 0.3) is 0 Å². The van der Waals surface area contributed by atoms with Crippen LogP contribution in [0.5, 0.6) is 0 Å². The summed E-state index contributed by atoms with van der Waals surface area (Å²) in [4.78, 5) is 9.25. The van der Waals surface area contributed by atoms with E-state index >= 15 is 0 Å². The Labute approximate surface area is 205 Å². The highest BCUT2D eigenvalue weighted by molar-refractivity contribution is 14.0. The van der Waals surface area contributed by atoms with Gasteiger partial charge in [-0.2, -0.15) is 5.10 Å².